The highest BCUT2D eigenvalue weighted by molar-refractivity contribution is 7.78. The van der Waals surface area contributed by atoms with Crippen LogP contribution in [0.5, 0.6) is 0 Å². The highest BCUT2D eigenvalue weighted by atomic mass is 32.2. The van der Waals surface area contributed by atoms with Crippen LogP contribution in [0.2, 0.25) is 0 Å². The highest BCUT2D eigenvalue weighted by Gasteiger charge is 2.33. The van der Waals surface area contributed by atoms with Crippen molar-refractivity contribution in [3.05, 3.63) is 65.9 Å². The van der Waals surface area contributed by atoms with E-state index in [2.05, 4.69) is 4.98 Å². The molecule has 1 aromatic heterocycles. The molecule has 0 radical (unpaired) electrons. The Kier molecular flexibility index (Phi) is 4.38. The lowest BCUT2D eigenvalue weighted by atomic mass is 9.98. The van der Waals surface area contributed by atoms with Gasteiger partial charge >= 0.3 is 6.18 Å². The Balaban J connectivity index is 2.19. The molecule has 0 fully saturated rings. The third kappa shape index (κ3) is 3.32. The molecule has 0 aliphatic heterocycles. The van der Waals surface area contributed by atoms with Gasteiger partial charge in [-0.15, -0.1) is 0 Å². The van der Waals surface area contributed by atoms with Crippen LogP contribution in [-0.2, 0) is 23.0 Å². The lowest BCUT2D eigenvalue weighted by Crippen LogP contribution is -2.06. The number of pyridine rings is 1. The number of aromatic nitrogens is 1. The van der Waals surface area contributed by atoms with Crippen LogP contribution in [-0.4, -0.2) is 13.7 Å². The first-order chi connectivity index (χ1) is 11.4. The Morgan fingerprint density at radius 2 is 1.83 bits per heavy atom. The number of halogens is 3. The Hall–Kier alpha value is -2.25. The van der Waals surface area contributed by atoms with E-state index in [4.69, 9.17) is 4.55 Å². The molecule has 0 bridgehead atoms. The first-order valence-corrected chi connectivity index (χ1v) is 8.25. The summed E-state index contributed by atoms with van der Waals surface area (Å²) in [6.45, 7) is 0. The minimum atomic E-state index is -4.49. The summed E-state index contributed by atoms with van der Waals surface area (Å²) in [5.74, 6) is -0.0370. The van der Waals surface area contributed by atoms with Gasteiger partial charge in [-0.1, -0.05) is 36.4 Å². The molecule has 0 amide bonds. The van der Waals surface area contributed by atoms with E-state index in [1.807, 2.05) is 0 Å². The minimum Gasteiger partial charge on any atom is -0.306 e. The fourth-order valence-electron chi connectivity index (χ4n) is 2.63. The average molecular weight is 351 g/mol. The summed E-state index contributed by atoms with van der Waals surface area (Å²) in [5.41, 5.74) is 1.000. The molecule has 0 aliphatic rings. The lowest BCUT2D eigenvalue weighted by molar-refractivity contribution is -0.136. The fraction of sp³-hybridized carbons (Fsp3) is 0.118. The van der Waals surface area contributed by atoms with Gasteiger partial charge in [0, 0.05) is 11.6 Å². The molecule has 3 rings (SSSR count). The normalized spacial score (nSPS) is 13.2. The molecular formula is C17H12F3NO2S. The molecule has 0 saturated heterocycles. The monoisotopic (exact) mass is 351 g/mol. The van der Waals surface area contributed by atoms with Crippen molar-refractivity contribution in [2.45, 2.75) is 11.9 Å². The molecule has 2 aromatic carbocycles. The molecule has 3 aromatic rings. The van der Waals surface area contributed by atoms with Gasteiger partial charge in [0.25, 0.3) is 0 Å². The van der Waals surface area contributed by atoms with Gasteiger partial charge in [0.15, 0.2) is 11.1 Å². The standard InChI is InChI=1S/C17H12F3NO2S/c18-17(19,20)15-6-2-5-14-13(7-8-21-16(14)15)12-4-1-3-11(9-12)10-24(22)23/h1-9H,10H2,(H,22,23). The highest BCUT2D eigenvalue weighted by Crippen LogP contribution is 2.36. The molecular weight excluding hydrogens is 339 g/mol. The van der Waals surface area contributed by atoms with Crippen LogP contribution in [0.25, 0.3) is 22.0 Å². The van der Waals surface area contributed by atoms with Crippen molar-refractivity contribution in [1.82, 2.24) is 4.98 Å². The van der Waals surface area contributed by atoms with E-state index in [1.54, 1.807) is 36.4 Å². The smallest absolute Gasteiger partial charge is 0.306 e. The zero-order valence-corrected chi connectivity index (χ0v) is 13.1. The number of benzene rings is 2. The zero-order chi connectivity index (χ0) is 17.3. The number of hydrogen-bond donors (Lipinski definition) is 1. The van der Waals surface area contributed by atoms with Crippen LogP contribution < -0.4 is 0 Å². The van der Waals surface area contributed by atoms with E-state index in [1.165, 1.54) is 12.3 Å². The predicted molar refractivity (Wildman–Crippen MR) is 86.7 cm³/mol. The molecule has 7 heteroatoms. The van der Waals surface area contributed by atoms with E-state index in [0.717, 1.165) is 6.07 Å². The summed E-state index contributed by atoms with van der Waals surface area (Å²) in [6, 6.07) is 12.4. The SMILES string of the molecule is O=S(O)Cc1cccc(-c2ccnc3c(C(F)(F)F)cccc23)c1. The average Bonchev–Trinajstić information content (AvgIpc) is 2.52. The van der Waals surface area contributed by atoms with Gasteiger partial charge in [0.1, 0.15) is 0 Å². The molecule has 1 atom stereocenters. The van der Waals surface area contributed by atoms with Crippen molar-refractivity contribution < 1.29 is 21.9 Å². The van der Waals surface area contributed by atoms with Gasteiger partial charge in [0.05, 0.1) is 16.8 Å². The zero-order valence-electron chi connectivity index (χ0n) is 12.2. The van der Waals surface area contributed by atoms with Crippen LogP contribution in [0, 0.1) is 0 Å². The van der Waals surface area contributed by atoms with E-state index in [0.29, 0.717) is 22.1 Å². The second kappa shape index (κ2) is 6.33. The maximum absolute atomic E-state index is 13.2. The second-order valence-electron chi connectivity index (χ2n) is 5.22. The number of alkyl halides is 3. The molecule has 3 nitrogen and oxygen atoms in total. The number of nitrogens with zero attached hydrogens (tertiary/aromatic N) is 1. The van der Waals surface area contributed by atoms with Crippen molar-refractivity contribution in [3.8, 4) is 11.1 Å². The van der Waals surface area contributed by atoms with Crippen molar-refractivity contribution in [1.29, 1.82) is 0 Å². The Morgan fingerprint density at radius 1 is 1.08 bits per heavy atom. The summed E-state index contributed by atoms with van der Waals surface area (Å²) < 4.78 is 59.4. The van der Waals surface area contributed by atoms with Crippen LogP contribution in [0.4, 0.5) is 13.2 Å². The van der Waals surface area contributed by atoms with E-state index < -0.39 is 22.8 Å². The molecule has 1 N–H and O–H groups in total. The summed E-state index contributed by atoms with van der Waals surface area (Å²) in [4.78, 5) is 3.90. The molecule has 0 spiro atoms. The lowest BCUT2D eigenvalue weighted by Gasteiger charge is -2.12. The van der Waals surface area contributed by atoms with Gasteiger partial charge in [-0.3, -0.25) is 4.98 Å². The molecule has 1 unspecified atom stereocenters. The molecule has 0 saturated carbocycles. The Morgan fingerprint density at radius 3 is 2.54 bits per heavy atom. The first-order valence-electron chi connectivity index (χ1n) is 6.98. The number of para-hydroxylation sites is 1. The van der Waals surface area contributed by atoms with Crippen molar-refractivity contribution >= 4 is 22.0 Å². The third-order valence-electron chi connectivity index (χ3n) is 3.60. The van der Waals surface area contributed by atoms with Crippen LogP contribution in [0.15, 0.2) is 54.7 Å². The molecule has 124 valence electrons. The molecule has 24 heavy (non-hydrogen) atoms. The molecule has 0 aliphatic carbocycles. The maximum Gasteiger partial charge on any atom is 0.418 e. The third-order valence-corrected chi connectivity index (χ3v) is 4.18. The predicted octanol–water partition coefficient (Wildman–Crippen LogP) is 4.64. The van der Waals surface area contributed by atoms with Gasteiger partial charge in [-0.2, -0.15) is 13.2 Å². The Labute approximate surface area is 138 Å². The minimum absolute atomic E-state index is 0.0370. The quantitative estimate of drug-likeness (QED) is 0.699. The number of rotatable bonds is 3. The van der Waals surface area contributed by atoms with Gasteiger partial charge < -0.3 is 4.55 Å². The second-order valence-corrected chi connectivity index (χ2v) is 6.16. The van der Waals surface area contributed by atoms with E-state index in [-0.39, 0.29) is 11.3 Å². The first kappa shape index (κ1) is 16.6. The van der Waals surface area contributed by atoms with E-state index >= 15 is 0 Å². The van der Waals surface area contributed by atoms with Gasteiger partial charge in [-0.25, -0.2) is 4.21 Å². The Bertz CT molecular complexity index is 925. The van der Waals surface area contributed by atoms with E-state index in [9.17, 15) is 17.4 Å². The topological polar surface area (TPSA) is 50.2 Å². The van der Waals surface area contributed by atoms with Gasteiger partial charge in [-0.05, 0) is 28.8 Å². The number of fused-ring (bicyclic) bond motifs is 1. The van der Waals surface area contributed by atoms with Crippen molar-refractivity contribution in [2.75, 3.05) is 0 Å². The van der Waals surface area contributed by atoms with Crippen molar-refractivity contribution in [3.63, 3.8) is 0 Å². The van der Waals surface area contributed by atoms with Gasteiger partial charge in [0.2, 0.25) is 0 Å². The van der Waals surface area contributed by atoms with Crippen LogP contribution >= 0.6 is 0 Å². The molecule has 1 heterocycles. The summed E-state index contributed by atoms with van der Waals surface area (Å²) in [7, 11) is 0. The van der Waals surface area contributed by atoms with Crippen LogP contribution in [0.3, 0.4) is 0 Å². The fourth-order valence-corrected chi connectivity index (χ4v) is 3.09. The maximum atomic E-state index is 13.2. The summed E-state index contributed by atoms with van der Waals surface area (Å²) in [5, 5.41) is 0.384. The summed E-state index contributed by atoms with van der Waals surface area (Å²) >= 11 is -1.98. The van der Waals surface area contributed by atoms with Crippen LogP contribution in [0.1, 0.15) is 11.1 Å². The largest absolute Gasteiger partial charge is 0.418 e. The van der Waals surface area contributed by atoms with Crippen molar-refractivity contribution in [2.24, 2.45) is 0 Å². The summed E-state index contributed by atoms with van der Waals surface area (Å²) in [6.07, 6.45) is -3.15. The number of hydrogen-bond acceptors (Lipinski definition) is 2.